The van der Waals surface area contributed by atoms with E-state index in [0.717, 1.165) is 82.5 Å². The number of carbonyl (C=O) groups excluding carboxylic acids is 1. The topological polar surface area (TPSA) is 152 Å². The second kappa shape index (κ2) is 32.1. The lowest BCUT2D eigenvalue weighted by atomic mass is 9.74. The number of halogens is 2. The molecule has 0 spiro atoms. The van der Waals surface area contributed by atoms with Gasteiger partial charge in [0, 0.05) is 25.9 Å². The van der Waals surface area contributed by atoms with Crippen LogP contribution in [0.15, 0.2) is 77.1 Å². The lowest BCUT2D eigenvalue weighted by molar-refractivity contribution is -0.227. The van der Waals surface area contributed by atoms with Gasteiger partial charge in [0.15, 0.2) is 0 Å². The summed E-state index contributed by atoms with van der Waals surface area (Å²) in [5.41, 5.74) is 6.23. The quantitative estimate of drug-likeness (QED) is 0.0334. The Morgan fingerprint density at radius 1 is 0.646 bits per heavy atom. The van der Waals surface area contributed by atoms with E-state index >= 15 is 0 Å². The molecule has 19 atom stereocenters. The summed E-state index contributed by atoms with van der Waals surface area (Å²) in [4.78, 5) is 20.2. The van der Waals surface area contributed by atoms with Crippen LogP contribution in [0, 0.1) is 35.5 Å². The largest absolute Gasteiger partial charge is 0.445 e. The first-order chi connectivity index (χ1) is 37.9. The summed E-state index contributed by atoms with van der Waals surface area (Å²) in [7, 11) is 2.53. The van der Waals surface area contributed by atoms with E-state index in [9.17, 15) is 4.79 Å². The third-order valence-corrected chi connectivity index (χ3v) is 19.5. The van der Waals surface area contributed by atoms with Crippen molar-refractivity contribution in [2.24, 2.45) is 35.5 Å². The smallest absolute Gasteiger partial charge is 0.380 e. The summed E-state index contributed by atoms with van der Waals surface area (Å²) in [6.07, 6.45) is 21.1. The minimum Gasteiger partial charge on any atom is -0.445 e. The van der Waals surface area contributed by atoms with Gasteiger partial charge in [-0.05, 0) is 139 Å². The van der Waals surface area contributed by atoms with Crippen LogP contribution in [0.4, 0.5) is 0 Å². The number of aromatic nitrogens is 2. The Morgan fingerprint density at radius 3 is 1.53 bits per heavy atom. The molecule has 8 heterocycles. The van der Waals surface area contributed by atoms with Gasteiger partial charge in [-0.25, -0.2) is 9.97 Å². The molecular weight excluding hydrogens is 1270 g/mol. The monoisotopic (exact) mass is 1360 g/mol. The van der Waals surface area contributed by atoms with E-state index in [1.165, 1.54) is 16.7 Å². The van der Waals surface area contributed by atoms with Gasteiger partial charge in [0.1, 0.15) is 30.2 Å². The van der Waals surface area contributed by atoms with Crippen LogP contribution in [0.3, 0.4) is 0 Å². The number of ether oxygens (including phenoxy) is 8. The van der Waals surface area contributed by atoms with Crippen molar-refractivity contribution in [3.63, 3.8) is 0 Å². The number of rotatable bonds is 20. The Labute approximate surface area is 506 Å². The van der Waals surface area contributed by atoms with Crippen LogP contribution < -0.4 is 0 Å². The summed E-state index contributed by atoms with van der Waals surface area (Å²) >= 11 is 8.86. The van der Waals surface area contributed by atoms with Crippen LogP contribution in [0.25, 0.3) is 12.2 Å². The average Bonchev–Trinajstić information content (AvgIpc) is 4.12. The molecule has 0 aliphatic carbocycles. The van der Waals surface area contributed by atoms with Crippen LogP contribution in [0.2, 0.25) is 0 Å². The Hall–Kier alpha value is -1.53. The molecule has 8 rings (SSSR count). The minimum absolute atomic E-state index is 0.00612. The molecule has 2 aromatic rings. The Morgan fingerprint density at radius 2 is 1.09 bits per heavy atom. The molecule has 1 unspecified atom stereocenters. The summed E-state index contributed by atoms with van der Waals surface area (Å²) in [5.74, 6) is 4.01. The van der Waals surface area contributed by atoms with Crippen LogP contribution in [0.5, 0.6) is 0 Å². The molecule has 6 fully saturated rings. The number of thiol groups is 1. The third kappa shape index (κ3) is 19.0. The molecule has 0 N–H and O–H groups in total. The summed E-state index contributed by atoms with van der Waals surface area (Å²) in [6.45, 7) is 28.3. The van der Waals surface area contributed by atoms with Crippen molar-refractivity contribution < 1.29 is 56.2 Å². The molecule has 438 valence electrons. The number of hydrogen-bond donors (Lipinski definition) is 1. The Balaban J connectivity index is 0.000000229. The van der Waals surface area contributed by atoms with Gasteiger partial charge in [-0.1, -0.05) is 123 Å². The van der Waals surface area contributed by atoms with Gasteiger partial charge in [0.05, 0.1) is 74.3 Å². The van der Waals surface area contributed by atoms with Crippen LogP contribution in [-0.4, -0.2) is 103 Å². The van der Waals surface area contributed by atoms with Gasteiger partial charge in [0.25, 0.3) is 0 Å². The second-order valence-corrected chi connectivity index (χ2v) is 26.0. The Bertz CT molecular complexity index is 2380. The number of oxazole rings is 2. The first-order valence-corrected chi connectivity index (χ1v) is 32.4. The van der Waals surface area contributed by atoms with E-state index < -0.39 is 12.6 Å². The van der Waals surface area contributed by atoms with Crippen molar-refractivity contribution in [3.8, 4) is 0 Å². The zero-order chi connectivity index (χ0) is 56.8. The summed E-state index contributed by atoms with van der Waals surface area (Å²) in [6, 6.07) is 0. The first-order valence-electron chi connectivity index (χ1n) is 28.7. The number of carbonyl (C=O) groups is 1. The van der Waals surface area contributed by atoms with Crippen molar-refractivity contribution >= 4 is 91.1 Å². The first kappa shape index (κ1) is 65.0. The SMILES string of the molecule is C=C1C[C@H](C[C@@H]2CCO[C@H](c3coc(/C=C/C[C@H]4O[C@@H](/C(C)=C/I)[C@H](C)[C@@H](C)[C@H]4C)n3)O2)O[C@@H](CC=O)C1.C=C1C[C@H](C[C@@H]2CCO[C@H](c3coc(/C=C/C[C@H]4O[C@@H](/C(C)=C/I)[C@H](C)[C@@H](C)[C@H]4C)n3)O2)O[C@@H](CCOB(P)S)C1. The molecule has 0 aromatic carbocycles. The van der Waals surface area contributed by atoms with Gasteiger partial charge in [0.2, 0.25) is 24.4 Å². The zero-order valence-electron chi connectivity index (χ0n) is 47.8. The van der Waals surface area contributed by atoms with E-state index in [2.05, 4.69) is 166 Å². The van der Waals surface area contributed by atoms with Gasteiger partial charge in [-0.15, -0.1) is 9.12 Å². The fourth-order valence-corrected chi connectivity index (χ4v) is 12.9. The minimum atomic E-state index is -0.565. The molecule has 0 bridgehead atoms. The zero-order valence-corrected chi connectivity index (χ0v) is 54.1. The van der Waals surface area contributed by atoms with Crippen molar-refractivity contribution in [1.82, 2.24) is 9.97 Å². The molecule has 14 nitrogen and oxygen atoms in total. The molecule has 0 radical (unpaired) electrons. The molecule has 6 saturated heterocycles. The fourth-order valence-electron chi connectivity index (χ4n) is 12.0. The van der Waals surface area contributed by atoms with Crippen LogP contribution >= 0.6 is 66.8 Å². The molecular formula is C60H88BI2N2O12PS. The Kier molecular flexibility index (Phi) is 26.4. The molecule has 6 aliphatic rings. The van der Waals surface area contributed by atoms with Gasteiger partial charge < -0.3 is 56.2 Å². The highest BCUT2D eigenvalue weighted by Gasteiger charge is 2.41. The molecule has 6 aliphatic heterocycles. The van der Waals surface area contributed by atoms with E-state index in [1.807, 2.05) is 12.2 Å². The van der Waals surface area contributed by atoms with E-state index in [-0.39, 0.29) is 67.0 Å². The maximum Gasteiger partial charge on any atom is 0.380 e. The van der Waals surface area contributed by atoms with E-state index in [0.29, 0.717) is 84.9 Å². The van der Waals surface area contributed by atoms with Gasteiger partial charge in [-0.2, -0.15) is 12.5 Å². The average molecular weight is 1360 g/mol. The van der Waals surface area contributed by atoms with Crippen molar-refractivity contribution in [2.75, 3.05) is 19.8 Å². The standard InChI is InChI=1S/C30H46BINO6PS.C30H42INO6/c1-18-13-23(10-12-36-31(40)41)37-25(14-18)15-24-9-11-34-30(38-24)26-17-35-28(33-26)8-6-7-27-21(4)20(3)22(5)29(39-27)19(2)16-32;1-18-13-23(9-11-33)36-25(14-18)15-24-10-12-34-30(37-24)26-17-35-28(32-26)8-6-7-27-21(4)20(3)22(5)29(38-27)19(2)16-31/h6,8,16-17,20-25,27,29-30,41H,1,7,9-15,40H2,2-5H3;6,8,11,16-17,20-25,27,29-30H,1,7,9-10,12-15H2,2-5H3/b2*8-6+,19-16+/t2*20-,21+,22+,23-,24-,25+,27+,29-,30-/m00/s1. The predicted octanol–water partition coefficient (Wildman–Crippen LogP) is 14.6. The van der Waals surface area contributed by atoms with Crippen molar-refractivity contribution in [1.29, 1.82) is 0 Å². The lowest BCUT2D eigenvalue weighted by Crippen LogP contribution is -2.44. The lowest BCUT2D eigenvalue weighted by Gasteiger charge is -2.44. The molecule has 19 heteroatoms. The highest BCUT2D eigenvalue weighted by atomic mass is 127. The predicted molar refractivity (Wildman–Crippen MR) is 334 cm³/mol. The number of hydrogen-bond acceptors (Lipinski definition) is 15. The van der Waals surface area contributed by atoms with E-state index in [4.69, 9.17) is 51.4 Å². The van der Waals surface area contributed by atoms with E-state index in [1.54, 1.807) is 12.5 Å². The number of aldehydes is 1. The summed E-state index contributed by atoms with van der Waals surface area (Å²) < 4.78 is 71.2. The molecule has 2 aromatic heterocycles. The highest BCUT2D eigenvalue weighted by Crippen LogP contribution is 2.42. The normalized spacial score (nSPS) is 36.1. The van der Waals surface area contributed by atoms with Gasteiger partial charge in [-0.3, -0.25) is 0 Å². The summed E-state index contributed by atoms with van der Waals surface area (Å²) in [5, 5.41) is 0. The molecule has 79 heavy (non-hydrogen) atoms. The number of nitrogens with zero attached hydrogens (tertiary/aromatic N) is 2. The van der Waals surface area contributed by atoms with Crippen molar-refractivity contribution in [3.05, 3.63) is 91.5 Å². The maximum absolute atomic E-state index is 10.9. The molecule has 0 amide bonds. The molecule has 0 saturated carbocycles. The van der Waals surface area contributed by atoms with Crippen LogP contribution in [0.1, 0.15) is 168 Å². The van der Waals surface area contributed by atoms with Crippen molar-refractivity contribution in [2.45, 2.75) is 206 Å². The maximum atomic E-state index is 10.9. The fraction of sp³-hybridized carbons (Fsp3) is 0.683. The second-order valence-electron chi connectivity index (χ2n) is 23.0. The third-order valence-electron chi connectivity index (χ3n) is 17.2. The van der Waals surface area contributed by atoms with Gasteiger partial charge >= 0.3 is 5.91 Å². The highest BCUT2D eigenvalue weighted by molar-refractivity contribution is 14.1. The van der Waals surface area contributed by atoms with Crippen LogP contribution in [-0.2, 0) is 47.3 Å².